The third kappa shape index (κ3) is 6.22. The second-order valence-corrected chi connectivity index (χ2v) is 5.28. The Bertz CT molecular complexity index is 534. The van der Waals surface area contributed by atoms with E-state index >= 15 is 0 Å². The van der Waals surface area contributed by atoms with E-state index in [9.17, 15) is 4.79 Å². The van der Waals surface area contributed by atoms with Crippen molar-refractivity contribution in [1.29, 1.82) is 0 Å². The van der Waals surface area contributed by atoms with Gasteiger partial charge in [0.25, 0.3) is 0 Å². The lowest BCUT2D eigenvalue weighted by molar-refractivity contribution is -0.121. The van der Waals surface area contributed by atoms with Crippen LogP contribution in [-0.4, -0.2) is 31.6 Å². The Morgan fingerprint density at radius 1 is 1.50 bits per heavy atom. The molecule has 0 fully saturated rings. The van der Waals surface area contributed by atoms with Crippen LogP contribution in [0.1, 0.15) is 26.7 Å². The number of amides is 1. The van der Waals surface area contributed by atoms with Crippen molar-refractivity contribution in [1.82, 2.24) is 5.32 Å². The molecule has 0 saturated carbocycles. The monoisotopic (exact) mass is 326 g/mol. The zero-order valence-electron chi connectivity index (χ0n) is 13.1. The molecule has 0 spiro atoms. The smallest absolute Gasteiger partial charge is 0.222 e. The van der Waals surface area contributed by atoms with Crippen LogP contribution in [0.3, 0.4) is 0 Å². The summed E-state index contributed by atoms with van der Waals surface area (Å²) >= 11 is 6.02. The third-order valence-electron chi connectivity index (χ3n) is 3.06. The summed E-state index contributed by atoms with van der Waals surface area (Å²) in [6.45, 7) is 4.31. The van der Waals surface area contributed by atoms with Gasteiger partial charge in [-0.15, -0.1) is 0 Å². The molecular weight excluding hydrogens is 304 g/mol. The van der Waals surface area contributed by atoms with E-state index < -0.39 is 0 Å². The van der Waals surface area contributed by atoms with Gasteiger partial charge < -0.3 is 21.1 Å². The summed E-state index contributed by atoms with van der Waals surface area (Å²) in [5, 5.41) is 6.27. The number of carbonyl (C=O) groups is 1. The molecule has 1 aromatic rings. The van der Waals surface area contributed by atoms with Crippen molar-refractivity contribution in [3.8, 4) is 5.75 Å². The van der Waals surface area contributed by atoms with Gasteiger partial charge in [0, 0.05) is 18.2 Å². The first-order valence-corrected chi connectivity index (χ1v) is 7.53. The fourth-order valence-corrected chi connectivity index (χ4v) is 1.92. The highest BCUT2D eigenvalue weighted by molar-refractivity contribution is 6.32. The number of benzene rings is 1. The van der Waals surface area contributed by atoms with Crippen LogP contribution in [0.15, 0.2) is 23.2 Å². The molecule has 0 heterocycles. The first-order chi connectivity index (χ1) is 10.5. The quantitative estimate of drug-likeness (QED) is 0.530. The molecule has 1 atom stereocenters. The third-order valence-corrected chi connectivity index (χ3v) is 3.36. The van der Waals surface area contributed by atoms with Crippen molar-refractivity contribution in [2.45, 2.75) is 32.7 Å². The van der Waals surface area contributed by atoms with Crippen molar-refractivity contribution in [3.63, 3.8) is 0 Å². The van der Waals surface area contributed by atoms with E-state index in [0.717, 1.165) is 6.42 Å². The lowest BCUT2D eigenvalue weighted by atomic mass is 10.2. The molecule has 0 saturated heterocycles. The van der Waals surface area contributed by atoms with Gasteiger partial charge in [-0.25, -0.2) is 0 Å². The van der Waals surface area contributed by atoms with Crippen LogP contribution in [0.25, 0.3) is 0 Å². The minimum atomic E-state index is -0.0293. The summed E-state index contributed by atoms with van der Waals surface area (Å²) in [5.41, 5.74) is 6.48. The second kappa shape index (κ2) is 9.15. The van der Waals surface area contributed by atoms with Crippen LogP contribution >= 0.6 is 11.6 Å². The highest BCUT2D eigenvalue weighted by atomic mass is 35.5. The van der Waals surface area contributed by atoms with Crippen molar-refractivity contribution in [3.05, 3.63) is 23.2 Å². The zero-order valence-corrected chi connectivity index (χ0v) is 13.9. The molecule has 22 heavy (non-hydrogen) atoms. The first-order valence-electron chi connectivity index (χ1n) is 7.16. The second-order valence-electron chi connectivity index (χ2n) is 4.87. The molecule has 122 valence electrons. The number of nitrogens with zero attached hydrogens (tertiary/aromatic N) is 1. The van der Waals surface area contributed by atoms with Crippen molar-refractivity contribution in [2.24, 2.45) is 10.7 Å². The highest BCUT2D eigenvalue weighted by Crippen LogP contribution is 2.26. The molecule has 0 aromatic heterocycles. The van der Waals surface area contributed by atoms with Gasteiger partial charge in [-0.2, -0.15) is 0 Å². The molecule has 1 aromatic carbocycles. The number of rotatable bonds is 7. The average molecular weight is 327 g/mol. The SMILES string of the molecule is CCC(C)NC(=O)CCN=C(N)Nc1ccc(OC)c(Cl)c1. The summed E-state index contributed by atoms with van der Waals surface area (Å²) in [4.78, 5) is 15.7. The summed E-state index contributed by atoms with van der Waals surface area (Å²) in [6.07, 6.45) is 1.20. The average Bonchev–Trinajstić information content (AvgIpc) is 2.47. The number of hydrogen-bond acceptors (Lipinski definition) is 3. The van der Waals surface area contributed by atoms with Crippen LogP contribution < -0.4 is 21.1 Å². The van der Waals surface area contributed by atoms with Crippen molar-refractivity contribution < 1.29 is 9.53 Å². The molecule has 0 aliphatic heterocycles. The van der Waals surface area contributed by atoms with E-state index in [2.05, 4.69) is 15.6 Å². The minimum absolute atomic E-state index is 0.0293. The van der Waals surface area contributed by atoms with Crippen LogP contribution in [-0.2, 0) is 4.79 Å². The Kier molecular flexibility index (Phi) is 7.52. The van der Waals surface area contributed by atoms with Crippen molar-refractivity contribution >= 4 is 29.2 Å². The number of ether oxygens (including phenoxy) is 1. The lowest BCUT2D eigenvalue weighted by Gasteiger charge is -2.11. The summed E-state index contributed by atoms with van der Waals surface area (Å²) in [7, 11) is 1.55. The topological polar surface area (TPSA) is 88.7 Å². The maximum atomic E-state index is 11.6. The molecule has 0 bridgehead atoms. The molecular formula is C15H23ClN4O2. The molecule has 7 heteroatoms. The predicted molar refractivity (Wildman–Crippen MR) is 90.6 cm³/mol. The zero-order chi connectivity index (χ0) is 16.5. The Balaban J connectivity index is 2.46. The van der Waals surface area contributed by atoms with E-state index in [-0.39, 0.29) is 17.9 Å². The number of guanidine groups is 1. The van der Waals surface area contributed by atoms with Crippen LogP contribution in [0.5, 0.6) is 5.75 Å². The fraction of sp³-hybridized carbons (Fsp3) is 0.467. The number of aliphatic imine (C=N–C) groups is 1. The van der Waals surface area contributed by atoms with E-state index in [0.29, 0.717) is 29.4 Å². The predicted octanol–water partition coefficient (Wildman–Crippen LogP) is 2.38. The Morgan fingerprint density at radius 3 is 2.82 bits per heavy atom. The Morgan fingerprint density at radius 2 is 2.23 bits per heavy atom. The van der Waals surface area contributed by atoms with E-state index in [1.54, 1.807) is 25.3 Å². The molecule has 1 unspecified atom stereocenters. The minimum Gasteiger partial charge on any atom is -0.495 e. The maximum Gasteiger partial charge on any atom is 0.222 e. The van der Waals surface area contributed by atoms with Gasteiger partial charge in [-0.05, 0) is 31.5 Å². The van der Waals surface area contributed by atoms with Gasteiger partial charge in [0.05, 0.1) is 18.7 Å². The van der Waals surface area contributed by atoms with E-state index in [4.69, 9.17) is 22.1 Å². The number of carbonyl (C=O) groups excluding carboxylic acids is 1. The van der Waals surface area contributed by atoms with Gasteiger partial charge in [0.2, 0.25) is 5.91 Å². The maximum absolute atomic E-state index is 11.6. The number of methoxy groups -OCH3 is 1. The van der Waals surface area contributed by atoms with Crippen LogP contribution in [0.4, 0.5) is 5.69 Å². The van der Waals surface area contributed by atoms with Gasteiger partial charge >= 0.3 is 0 Å². The Labute approximate surface area is 136 Å². The van der Waals surface area contributed by atoms with Gasteiger partial charge in [0.1, 0.15) is 5.75 Å². The first kappa shape index (κ1) is 18.1. The summed E-state index contributed by atoms with van der Waals surface area (Å²) in [5.74, 6) is 0.792. The summed E-state index contributed by atoms with van der Waals surface area (Å²) in [6, 6.07) is 5.38. The number of hydrogen-bond donors (Lipinski definition) is 3. The van der Waals surface area contributed by atoms with E-state index in [1.165, 1.54) is 0 Å². The normalized spacial score (nSPS) is 12.6. The number of nitrogens with two attached hydrogens (primary N) is 1. The molecule has 1 rings (SSSR count). The van der Waals surface area contributed by atoms with E-state index in [1.807, 2.05) is 13.8 Å². The molecule has 0 radical (unpaired) electrons. The fourth-order valence-electron chi connectivity index (χ4n) is 1.66. The molecule has 1 amide bonds. The lowest BCUT2D eigenvalue weighted by Crippen LogP contribution is -2.32. The molecule has 4 N–H and O–H groups in total. The highest BCUT2D eigenvalue weighted by Gasteiger charge is 2.05. The number of nitrogens with one attached hydrogen (secondary N) is 2. The number of halogens is 1. The molecule has 0 aliphatic rings. The number of anilines is 1. The van der Waals surface area contributed by atoms with Crippen LogP contribution in [0.2, 0.25) is 5.02 Å². The summed E-state index contributed by atoms with van der Waals surface area (Å²) < 4.78 is 5.07. The van der Waals surface area contributed by atoms with Gasteiger partial charge in [-0.3, -0.25) is 9.79 Å². The largest absolute Gasteiger partial charge is 0.495 e. The van der Waals surface area contributed by atoms with Crippen molar-refractivity contribution in [2.75, 3.05) is 19.0 Å². The molecule has 6 nitrogen and oxygen atoms in total. The van der Waals surface area contributed by atoms with Crippen LogP contribution in [0, 0.1) is 0 Å². The van der Waals surface area contributed by atoms with Gasteiger partial charge in [-0.1, -0.05) is 18.5 Å². The standard InChI is InChI=1S/C15H23ClN4O2/c1-4-10(2)19-14(21)7-8-18-15(17)20-11-5-6-13(22-3)12(16)9-11/h5-6,9-10H,4,7-8H2,1-3H3,(H,19,21)(H3,17,18,20). The van der Waals surface area contributed by atoms with Gasteiger partial charge in [0.15, 0.2) is 5.96 Å². The molecule has 0 aliphatic carbocycles. The Hall–Kier alpha value is -1.95.